The molecule has 0 aliphatic rings. The maximum absolute atomic E-state index is 11.8. The zero-order valence-electron chi connectivity index (χ0n) is 12.2. The smallest absolute Gasteiger partial charge is 0.316 e. The van der Waals surface area contributed by atoms with E-state index in [1.165, 1.54) is 12.7 Å². The second kappa shape index (κ2) is 8.72. The summed E-state index contributed by atoms with van der Waals surface area (Å²) in [5, 5.41) is 0. The molecule has 20 heavy (non-hydrogen) atoms. The highest BCUT2D eigenvalue weighted by atomic mass is 127. The van der Waals surface area contributed by atoms with Crippen LogP contribution in [0.1, 0.15) is 25.8 Å². The molecule has 0 N–H and O–H groups in total. The van der Waals surface area contributed by atoms with Crippen molar-refractivity contribution in [3.8, 4) is 0 Å². The number of rotatable bonds is 7. The van der Waals surface area contributed by atoms with Crippen LogP contribution >= 0.6 is 34.4 Å². The van der Waals surface area contributed by atoms with Crippen LogP contribution in [-0.2, 0) is 16.0 Å². The van der Waals surface area contributed by atoms with Crippen LogP contribution in [0.4, 0.5) is 0 Å². The Morgan fingerprint density at radius 1 is 1.35 bits per heavy atom. The number of halogens is 1. The van der Waals surface area contributed by atoms with E-state index in [0.29, 0.717) is 0 Å². The Kier molecular flexibility index (Phi) is 7.66. The van der Waals surface area contributed by atoms with Gasteiger partial charge in [-0.1, -0.05) is 52.9 Å². The highest BCUT2D eigenvalue weighted by Crippen LogP contribution is 2.37. The van der Waals surface area contributed by atoms with Gasteiger partial charge in [0.05, 0.1) is 12.5 Å². The molecule has 2 nitrogen and oxygen atoms in total. The molecule has 4 heteroatoms. The number of carbonyl (C=O) groups excluding carboxylic acids is 1. The van der Waals surface area contributed by atoms with Crippen molar-refractivity contribution in [1.82, 2.24) is 0 Å². The van der Waals surface area contributed by atoms with Gasteiger partial charge in [-0.15, -0.1) is 11.8 Å². The monoisotopic (exact) mass is 404 g/mol. The summed E-state index contributed by atoms with van der Waals surface area (Å²) in [4.78, 5) is 12.9. The summed E-state index contributed by atoms with van der Waals surface area (Å²) in [5.41, 5.74) is 0.799. The standard InChI is InChI=1S/C16H21IO2S/c1-16(2,15(18)19-3)14(12-17)20-11-7-10-13-8-5-4-6-9-13/h4-6,8-9,12H,7,10-11H2,1-3H3/b14-12-. The molecule has 1 aromatic carbocycles. The van der Waals surface area contributed by atoms with Gasteiger partial charge in [-0.25, -0.2) is 0 Å². The Bertz CT molecular complexity index is 455. The molecular formula is C16H21IO2S. The quantitative estimate of drug-likeness (QED) is 0.370. The fraction of sp³-hybridized carbons (Fsp3) is 0.438. The third kappa shape index (κ3) is 5.13. The molecule has 0 bridgehead atoms. The molecule has 0 saturated carbocycles. The van der Waals surface area contributed by atoms with Crippen molar-refractivity contribution < 1.29 is 9.53 Å². The van der Waals surface area contributed by atoms with Crippen molar-refractivity contribution in [3.05, 3.63) is 44.9 Å². The van der Waals surface area contributed by atoms with Crippen LogP contribution in [0, 0.1) is 5.41 Å². The minimum absolute atomic E-state index is 0.184. The number of benzene rings is 1. The molecule has 0 unspecified atom stereocenters. The largest absolute Gasteiger partial charge is 0.468 e. The SMILES string of the molecule is COC(=O)C(C)(C)/C(=C/I)SCCCc1ccccc1. The molecule has 0 radical (unpaired) electrons. The molecule has 1 rings (SSSR count). The van der Waals surface area contributed by atoms with E-state index in [0.717, 1.165) is 23.5 Å². The lowest BCUT2D eigenvalue weighted by molar-refractivity contribution is -0.148. The van der Waals surface area contributed by atoms with Gasteiger partial charge in [0.25, 0.3) is 0 Å². The van der Waals surface area contributed by atoms with Gasteiger partial charge in [0.2, 0.25) is 0 Å². The van der Waals surface area contributed by atoms with E-state index >= 15 is 0 Å². The third-order valence-corrected chi connectivity index (χ3v) is 5.60. The van der Waals surface area contributed by atoms with Crippen LogP contribution in [0.2, 0.25) is 0 Å². The topological polar surface area (TPSA) is 26.3 Å². The number of hydrogen-bond donors (Lipinski definition) is 0. The van der Waals surface area contributed by atoms with E-state index in [1.807, 2.05) is 24.0 Å². The van der Waals surface area contributed by atoms with Gasteiger partial charge >= 0.3 is 5.97 Å². The molecule has 110 valence electrons. The Hall–Kier alpha value is -0.490. The minimum Gasteiger partial charge on any atom is -0.468 e. The molecule has 0 saturated heterocycles. The lowest BCUT2D eigenvalue weighted by Crippen LogP contribution is -2.26. The summed E-state index contributed by atoms with van der Waals surface area (Å²) < 4.78 is 6.86. The summed E-state index contributed by atoms with van der Waals surface area (Å²) >= 11 is 3.94. The fourth-order valence-electron chi connectivity index (χ4n) is 1.81. The second-order valence-corrected chi connectivity index (χ2v) is 6.79. The first-order valence-electron chi connectivity index (χ1n) is 6.58. The summed E-state index contributed by atoms with van der Waals surface area (Å²) in [6.07, 6.45) is 2.17. The number of thioether (sulfide) groups is 1. The van der Waals surface area contributed by atoms with Crippen molar-refractivity contribution in [1.29, 1.82) is 0 Å². The Balaban J connectivity index is 2.45. The van der Waals surface area contributed by atoms with E-state index in [4.69, 9.17) is 4.74 Å². The Morgan fingerprint density at radius 2 is 2.00 bits per heavy atom. The first-order chi connectivity index (χ1) is 9.52. The van der Waals surface area contributed by atoms with Gasteiger partial charge in [-0.05, 0) is 42.1 Å². The highest BCUT2D eigenvalue weighted by Gasteiger charge is 2.33. The van der Waals surface area contributed by atoms with E-state index in [9.17, 15) is 4.79 Å². The first kappa shape index (κ1) is 17.6. The van der Waals surface area contributed by atoms with Gasteiger partial charge in [-0.2, -0.15) is 0 Å². The van der Waals surface area contributed by atoms with Gasteiger partial charge < -0.3 is 4.74 Å². The fourth-order valence-corrected chi connectivity index (χ4v) is 4.14. The van der Waals surface area contributed by atoms with Gasteiger partial charge in [0.1, 0.15) is 0 Å². The molecule has 0 amide bonds. The van der Waals surface area contributed by atoms with Crippen molar-refractivity contribution >= 4 is 40.3 Å². The van der Waals surface area contributed by atoms with E-state index in [-0.39, 0.29) is 5.97 Å². The molecule has 0 heterocycles. The minimum atomic E-state index is -0.562. The van der Waals surface area contributed by atoms with Gasteiger partial charge in [0.15, 0.2) is 0 Å². The average Bonchev–Trinajstić information content (AvgIpc) is 2.47. The van der Waals surface area contributed by atoms with Crippen LogP contribution < -0.4 is 0 Å². The lowest BCUT2D eigenvalue weighted by atomic mass is 9.94. The molecular weight excluding hydrogens is 383 g/mol. The number of hydrogen-bond acceptors (Lipinski definition) is 3. The molecule has 0 aliphatic heterocycles. The molecule has 0 spiro atoms. The molecule has 0 fully saturated rings. The lowest BCUT2D eigenvalue weighted by Gasteiger charge is -2.24. The van der Waals surface area contributed by atoms with E-state index in [2.05, 4.69) is 46.9 Å². The number of methoxy groups -OCH3 is 1. The molecule has 0 aromatic heterocycles. The van der Waals surface area contributed by atoms with E-state index in [1.54, 1.807) is 11.8 Å². The maximum atomic E-state index is 11.8. The second-order valence-electron chi connectivity index (χ2n) is 5.03. The Labute approximate surface area is 139 Å². The number of ether oxygens (including phenoxy) is 1. The highest BCUT2D eigenvalue weighted by molar-refractivity contribution is 14.1. The van der Waals surface area contributed by atoms with Gasteiger partial charge in [-0.3, -0.25) is 4.79 Å². The average molecular weight is 404 g/mol. The van der Waals surface area contributed by atoms with Crippen LogP contribution in [0.15, 0.2) is 39.3 Å². The summed E-state index contributed by atoms with van der Waals surface area (Å²) in [5.74, 6) is 0.820. The van der Waals surface area contributed by atoms with Crippen molar-refractivity contribution in [2.75, 3.05) is 12.9 Å². The maximum Gasteiger partial charge on any atom is 0.316 e. The van der Waals surface area contributed by atoms with Crippen molar-refractivity contribution in [3.63, 3.8) is 0 Å². The summed E-state index contributed by atoms with van der Waals surface area (Å²) in [6.45, 7) is 3.82. The number of esters is 1. The first-order valence-corrected chi connectivity index (χ1v) is 8.81. The van der Waals surface area contributed by atoms with E-state index < -0.39 is 5.41 Å². The predicted molar refractivity (Wildman–Crippen MR) is 95.1 cm³/mol. The van der Waals surface area contributed by atoms with Crippen LogP contribution in [0.25, 0.3) is 0 Å². The number of aryl methyl sites for hydroxylation is 1. The van der Waals surface area contributed by atoms with Crippen molar-refractivity contribution in [2.45, 2.75) is 26.7 Å². The Morgan fingerprint density at radius 3 is 2.55 bits per heavy atom. The predicted octanol–water partition coefficient (Wildman–Crippen LogP) is 4.83. The summed E-state index contributed by atoms with van der Waals surface area (Å²) in [6, 6.07) is 10.5. The number of carbonyl (C=O) groups is 1. The van der Waals surface area contributed by atoms with Crippen LogP contribution in [0.3, 0.4) is 0 Å². The molecule has 1 aromatic rings. The normalized spacial score (nSPS) is 12.3. The molecule has 0 aliphatic carbocycles. The zero-order chi connectivity index (χ0) is 15.0. The van der Waals surface area contributed by atoms with Crippen LogP contribution in [0.5, 0.6) is 0 Å². The molecule has 0 atom stereocenters. The zero-order valence-corrected chi connectivity index (χ0v) is 15.2. The van der Waals surface area contributed by atoms with Crippen molar-refractivity contribution in [2.24, 2.45) is 5.41 Å². The summed E-state index contributed by atoms with van der Waals surface area (Å²) in [7, 11) is 1.44. The van der Waals surface area contributed by atoms with Gasteiger partial charge in [0, 0.05) is 4.91 Å². The third-order valence-electron chi connectivity index (χ3n) is 3.12. The van der Waals surface area contributed by atoms with Crippen LogP contribution in [-0.4, -0.2) is 18.8 Å².